The number of hydrogen-bond donors (Lipinski definition) is 1. The Morgan fingerprint density at radius 2 is 1.94 bits per heavy atom. The highest BCUT2D eigenvalue weighted by atomic mass is 16.5. The molecular weight excluding hydrogens is 212 g/mol. The molecule has 1 unspecified atom stereocenters. The molecule has 17 heavy (non-hydrogen) atoms. The summed E-state index contributed by atoms with van der Waals surface area (Å²) in [6.45, 7) is 4.29. The molecule has 2 rings (SSSR count). The number of likely N-dealkylation sites (N-methyl/N-ethyl adjacent to an activating group) is 1. The molecule has 3 heteroatoms. The predicted octanol–water partition coefficient (Wildman–Crippen LogP) is 2.02. The molecule has 0 amide bonds. The fourth-order valence-corrected chi connectivity index (χ4v) is 3.03. The number of nitrogens with one attached hydrogen (secondary N) is 1. The molecule has 1 saturated heterocycles. The molecular formula is C14H28N2O. The van der Waals surface area contributed by atoms with E-state index in [9.17, 15) is 0 Å². The molecule has 0 spiro atoms. The van der Waals surface area contributed by atoms with Gasteiger partial charge in [-0.05, 0) is 32.7 Å². The molecule has 1 aliphatic carbocycles. The molecule has 1 atom stereocenters. The Balaban J connectivity index is 1.51. The molecule has 1 N–H and O–H groups in total. The van der Waals surface area contributed by atoms with E-state index >= 15 is 0 Å². The second kappa shape index (κ2) is 7.34. The van der Waals surface area contributed by atoms with E-state index in [-0.39, 0.29) is 0 Å². The van der Waals surface area contributed by atoms with Gasteiger partial charge in [0.15, 0.2) is 0 Å². The van der Waals surface area contributed by atoms with Crippen LogP contribution in [0, 0.1) is 0 Å². The van der Waals surface area contributed by atoms with Gasteiger partial charge in [0.05, 0.1) is 6.10 Å². The third-order valence-corrected chi connectivity index (χ3v) is 4.24. The van der Waals surface area contributed by atoms with Gasteiger partial charge >= 0.3 is 0 Å². The zero-order valence-corrected chi connectivity index (χ0v) is 11.3. The van der Waals surface area contributed by atoms with Crippen LogP contribution in [0.5, 0.6) is 0 Å². The lowest BCUT2D eigenvalue weighted by Crippen LogP contribution is -2.39. The van der Waals surface area contributed by atoms with E-state index in [2.05, 4.69) is 17.3 Å². The Morgan fingerprint density at radius 3 is 2.65 bits per heavy atom. The topological polar surface area (TPSA) is 24.5 Å². The lowest BCUT2D eigenvalue weighted by atomic mass is 9.94. The normalized spacial score (nSPS) is 26.8. The standard InChI is InChI=1S/C14H28N2O/c1-16(13-6-3-2-4-7-13)10-9-15-12-14-8-5-11-17-14/h13-15H,2-12H2,1H3. The number of ether oxygens (including phenoxy) is 1. The highest BCUT2D eigenvalue weighted by molar-refractivity contribution is 4.74. The Bertz CT molecular complexity index is 198. The van der Waals surface area contributed by atoms with Crippen LogP contribution in [0.3, 0.4) is 0 Å². The Labute approximate surface area is 106 Å². The first kappa shape index (κ1) is 13.3. The first-order chi connectivity index (χ1) is 8.36. The fourth-order valence-electron chi connectivity index (χ4n) is 3.03. The van der Waals surface area contributed by atoms with Crippen molar-refractivity contribution in [1.82, 2.24) is 10.2 Å². The number of nitrogens with zero attached hydrogens (tertiary/aromatic N) is 1. The van der Waals surface area contributed by atoms with E-state index in [1.54, 1.807) is 0 Å². The van der Waals surface area contributed by atoms with Crippen LogP contribution < -0.4 is 5.32 Å². The fraction of sp³-hybridized carbons (Fsp3) is 1.00. The molecule has 3 nitrogen and oxygen atoms in total. The van der Waals surface area contributed by atoms with E-state index in [0.717, 1.165) is 25.7 Å². The lowest BCUT2D eigenvalue weighted by Gasteiger charge is -2.31. The molecule has 0 aromatic rings. The number of rotatable bonds is 6. The first-order valence-corrected chi connectivity index (χ1v) is 7.39. The highest BCUT2D eigenvalue weighted by Crippen LogP contribution is 2.21. The quantitative estimate of drug-likeness (QED) is 0.719. The molecule has 0 aromatic heterocycles. The minimum Gasteiger partial charge on any atom is -0.377 e. The molecule has 2 aliphatic rings. The van der Waals surface area contributed by atoms with Gasteiger partial charge in [0.2, 0.25) is 0 Å². The molecule has 0 radical (unpaired) electrons. The van der Waals surface area contributed by atoms with Crippen LogP contribution in [-0.2, 0) is 4.74 Å². The van der Waals surface area contributed by atoms with Crippen LogP contribution in [0.2, 0.25) is 0 Å². The van der Waals surface area contributed by atoms with Crippen molar-refractivity contribution in [3.63, 3.8) is 0 Å². The van der Waals surface area contributed by atoms with Gasteiger partial charge in [-0.25, -0.2) is 0 Å². The van der Waals surface area contributed by atoms with Crippen molar-refractivity contribution in [3.8, 4) is 0 Å². The van der Waals surface area contributed by atoms with Crippen LogP contribution >= 0.6 is 0 Å². The third-order valence-electron chi connectivity index (χ3n) is 4.24. The molecule has 1 heterocycles. The third kappa shape index (κ3) is 4.57. The zero-order valence-electron chi connectivity index (χ0n) is 11.3. The van der Waals surface area contributed by atoms with Crippen LogP contribution in [0.15, 0.2) is 0 Å². The summed E-state index contributed by atoms with van der Waals surface area (Å²) in [5.41, 5.74) is 0. The minimum absolute atomic E-state index is 0.481. The van der Waals surface area contributed by atoms with Crippen LogP contribution in [0.4, 0.5) is 0 Å². The molecule has 1 saturated carbocycles. The maximum absolute atomic E-state index is 5.60. The van der Waals surface area contributed by atoms with E-state index < -0.39 is 0 Å². The van der Waals surface area contributed by atoms with E-state index in [1.165, 1.54) is 51.5 Å². The molecule has 100 valence electrons. The summed E-state index contributed by atoms with van der Waals surface area (Å²) in [5, 5.41) is 3.53. The Kier molecular flexibility index (Phi) is 5.75. The highest BCUT2D eigenvalue weighted by Gasteiger charge is 2.18. The summed E-state index contributed by atoms with van der Waals surface area (Å²) in [4.78, 5) is 2.54. The lowest BCUT2D eigenvalue weighted by molar-refractivity contribution is 0.108. The second-order valence-electron chi connectivity index (χ2n) is 5.61. The van der Waals surface area contributed by atoms with Crippen molar-refractivity contribution >= 4 is 0 Å². The smallest absolute Gasteiger partial charge is 0.0700 e. The van der Waals surface area contributed by atoms with E-state index in [4.69, 9.17) is 4.74 Å². The van der Waals surface area contributed by atoms with Crippen LogP contribution in [-0.4, -0.2) is 50.3 Å². The van der Waals surface area contributed by atoms with Gasteiger partial charge in [0.25, 0.3) is 0 Å². The van der Waals surface area contributed by atoms with Gasteiger partial charge < -0.3 is 15.0 Å². The summed E-state index contributed by atoms with van der Waals surface area (Å²) in [7, 11) is 2.28. The summed E-state index contributed by atoms with van der Waals surface area (Å²) in [6.07, 6.45) is 10.1. The maximum Gasteiger partial charge on any atom is 0.0700 e. The second-order valence-corrected chi connectivity index (χ2v) is 5.61. The van der Waals surface area contributed by atoms with E-state index in [1.807, 2.05) is 0 Å². The minimum atomic E-state index is 0.481. The van der Waals surface area contributed by atoms with Crippen molar-refractivity contribution in [2.45, 2.75) is 57.1 Å². The number of hydrogen-bond acceptors (Lipinski definition) is 3. The maximum atomic E-state index is 5.60. The van der Waals surface area contributed by atoms with Gasteiger partial charge in [0.1, 0.15) is 0 Å². The van der Waals surface area contributed by atoms with Gasteiger partial charge in [-0.1, -0.05) is 19.3 Å². The van der Waals surface area contributed by atoms with Crippen molar-refractivity contribution in [2.75, 3.05) is 33.3 Å². The van der Waals surface area contributed by atoms with Crippen molar-refractivity contribution < 1.29 is 4.74 Å². The monoisotopic (exact) mass is 240 g/mol. The Hall–Kier alpha value is -0.120. The first-order valence-electron chi connectivity index (χ1n) is 7.39. The zero-order chi connectivity index (χ0) is 11.9. The largest absolute Gasteiger partial charge is 0.377 e. The predicted molar refractivity (Wildman–Crippen MR) is 71.3 cm³/mol. The molecule has 0 aromatic carbocycles. The SMILES string of the molecule is CN(CCNCC1CCCO1)C1CCCCC1. The van der Waals surface area contributed by atoms with Gasteiger partial charge in [-0.3, -0.25) is 0 Å². The van der Waals surface area contributed by atoms with Crippen molar-refractivity contribution in [3.05, 3.63) is 0 Å². The summed E-state index contributed by atoms with van der Waals surface area (Å²) in [5.74, 6) is 0. The van der Waals surface area contributed by atoms with Crippen molar-refractivity contribution in [2.24, 2.45) is 0 Å². The summed E-state index contributed by atoms with van der Waals surface area (Å²) >= 11 is 0. The average molecular weight is 240 g/mol. The summed E-state index contributed by atoms with van der Waals surface area (Å²) in [6, 6.07) is 0.841. The summed E-state index contributed by atoms with van der Waals surface area (Å²) < 4.78 is 5.60. The van der Waals surface area contributed by atoms with Crippen molar-refractivity contribution in [1.29, 1.82) is 0 Å². The average Bonchev–Trinajstić information content (AvgIpc) is 2.88. The van der Waals surface area contributed by atoms with Crippen LogP contribution in [0.1, 0.15) is 44.9 Å². The van der Waals surface area contributed by atoms with Crippen LogP contribution in [0.25, 0.3) is 0 Å². The Morgan fingerprint density at radius 1 is 1.12 bits per heavy atom. The van der Waals surface area contributed by atoms with Gasteiger partial charge in [-0.15, -0.1) is 0 Å². The van der Waals surface area contributed by atoms with Gasteiger partial charge in [0, 0.05) is 32.3 Å². The molecule has 0 bridgehead atoms. The molecule has 2 fully saturated rings. The van der Waals surface area contributed by atoms with Gasteiger partial charge in [-0.2, -0.15) is 0 Å². The van der Waals surface area contributed by atoms with E-state index in [0.29, 0.717) is 6.10 Å². The molecule has 1 aliphatic heterocycles.